The summed E-state index contributed by atoms with van der Waals surface area (Å²) in [6, 6.07) is 0. The maximum absolute atomic E-state index is 12.3. The van der Waals surface area contributed by atoms with Crippen molar-refractivity contribution >= 4 is 7.37 Å². The van der Waals surface area contributed by atoms with Gasteiger partial charge in [-0.2, -0.15) is 0 Å². The molecule has 1 aliphatic rings. The van der Waals surface area contributed by atoms with Gasteiger partial charge in [0.1, 0.15) is 0 Å². The van der Waals surface area contributed by atoms with Gasteiger partial charge in [0, 0.05) is 0 Å². The van der Waals surface area contributed by atoms with E-state index < -0.39 is 12.7 Å². The fourth-order valence-electron chi connectivity index (χ4n) is 2.16. The molecule has 1 fully saturated rings. The molecule has 2 atom stereocenters. The lowest BCUT2D eigenvalue weighted by atomic mass is 10.1. The number of piperidine rings is 1. The average Bonchev–Trinajstić information content (AvgIpc) is 2.16. The van der Waals surface area contributed by atoms with Gasteiger partial charge in [-0.15, -0.1) is 0 Å². The van der Waals surface area contributed by atoms with Crippen LogP contribution in [0.5, 0.6) is 0 Å². The Morgan fingerprint density at radius 2 is 1.88 bits per heavy atom. The maximum Gasteiger partial charge on any atom is 0.248 e. The van der Waals surface area contributed by atoms with Crippen molar-refractivity contribution in [2.45, 2.75) is 45.4 Å². The van der Waals surface area contributed by atoms with E-state index in [9.17, 15) is 14.6 Å². The van der Waals surface area contributed by atoms with Crippen LogP contribution < -0.4 is 0 Å². The summed E-state index contributed by atoms with van der Waals surface area (Å²) in [6.45, 7) is 6.76. The first-order valence-corrected chi connectivity index (χ1v) is 8.02. The SMILES string of the molecule is CC(C)=CC(C)(O)P(=O)(O)CN1CCCCC1. The number of rotatable bonds is 4. The normalized spacial score (nSPS) is 24.8. The lowest BCUT2D eigenvalue weighted by molar-refractivity contribution is 0.165. The summed E-state index contributed by atoms with van der Waals surface area (Å²) in [7, 11) is -3.61. The zero-order valence-corrected chi connectivity index (χ0v) is 11.9. The molecule has 1 aliphatic heterocycles. The Morgan fingerprint density at radius 3 is 2.35 bits per heavy atom. The summed E-state index contributed by atoms with van der Waals surface area (Å²) in [6.07, 6.45) is 4.91. The summed E-state index contributed by atoms with van der Waals surface area (Å²) in [4.78, 5) is 12.0. The summed E-state index contributed by atoms with van der Waals surface area (Å²) >= 11 is 0. The monoisotopic (exact) mass is 261 g/mol. The van der Waals surface area contributed by atoms with Crippen LogP contribution in [0.2, 0.25) is 0 Å². The Balaban J connectivity index is 2.72. The Morgan fingerprint density at radius 1 is 1.35 bits per heavy atom. The molecule has 1 heterocycles. The molecule has 0 spiro atoms. The summed E-state index contributed by atoms with van der Waals surface area (Å²) in [5.41, 5.74) is 0.850. The highest BCUT2D eigenvalue weighted by Crippen LogP contribution is 2.54. The Hall–Kier alpha value is -0.150. The van der Waals surface area contributed by atoms with Crippen LogP contribution in [-0.4, -0.2) is 39.6 Å². The molecule has 17 heavy (non-hydrogen) atoms. The van der Waals surface area contributed by atoms with Crippen LogP contribution in [0.15, 0.2) is 11.6 Å². The van der Waals surface area contributed by atoms with Crippen molar-refractivity contribution < 1.29 is 14.6 Å². The molecule has 0 aromatic heterocycles. The summed E-state index contributed by atoms with van der Waals surface area (Å²) < 4.78 is 12.3. The molecule has 0 aromatic rings. The molecular weight excluding hydrogens is 237 g/mol. The minimum Gasteiger partial charge on any atom is -0.376 e. The van der Waals surface area contributed by atoms with E-state index in [-0.39, 0.29) is 6.29 Å². The third-order valence-corrected chi connectivity index (χ3v) is 5.44. The van der Waals surface area contributed by atoms with Crippen LogP contribution in [-0.2, 0) is 4.57 Å². The van der Waals surface area contributed by atoms with Crippen molar-refractivity contribution in [2.75, 3.05) is 19.4 Å². The van der Waals surface area contributed by atoms with Gasteiger partial charge in [-0.3, -0.25) is 9.46 Å². The molecule has 0 radical (unpaired) electrons. The van der Waals surface area contributed by atoms with E-state index in [0.29, 0.717) is 0 Å². The van der Waals surface area contributed by atoms with Gasteiger partial charge < -0.3 is 10.00 Å². The lowest BCUT2D eigenvalue weighted by Crippen LogP contribution is -2.35. The van der Waals surface area contributed by atoms with Crippen LogP contribution in [0.4, 0.5) is 0 Å². The number of hydrogen-bond acceptors (Lipinski definition) is 3. The number of hydrogen-bond donors (Lipinski definition) is 2. The van der Waals surface area contributed by atoms with Crippen LogP contribution in [0.3, 0.4) is 0 Å². The largest absolute Gasteiger partial charge is 0.376 e. The third kappa shape index (κ3) is 4.22. The van der Waals surface area contributed by atoms with E-state index in [0.717, 1.165) is 31.5 Å². The fourth-order valence-corrected chi connectivity index (χ4v) is 3.73. The smallest absolute Gasteiger partial charge is 0.248 e. The first-order valence-electron chi connectivity index (χ1n) is 6.17. The van der Waals surface area contributed by atoms with Gasteiger partial charge in [0.15, 0.2) is 5.34 Å². The number of nitrogens with zero attached hydrogens (tertiary/aromatic N) is 1. The van der Waals surface area contributed by atoms with Gasteiger partial charge in [0.05, 0.1) is 6.29 Å². The fraction of sp³-hybridized carbons (Fsp3) is 0.833. The molecule has 0 aromatic carbocycles. The Labute approximate surface area is 104 Å². The predicted molar refractivity (Wildman–Crippen MR) is 70.2 cm³/mol. The van der Waals surface area contributed by atoms with Crippen molar-refractivity contribution in [2.24, 2.45) is 0 Å². The number of aliphatic hydroxyl groups is 1. The zero-order valence-electron chi connectivity index (χ0n) is 11.0. The van der Waals surface area contributed by atoms with Crippen molar-refractivity contribution in [3.8, 4) is 0 Å². The minimum absolute atomic E-state index is 0.0871. The van der Waals surface area contributed by atoms with Gasteiger partial charge >= 0.3 is 0 Å². The second kappa shape index (κ2) is 5.66. The predicted octanol–water partition coefficient (Wildman–Crippen LogP) is 2.37. The lowest BCUT2D eigenvalue weighted by Gasteiger charge is -2.33. The molecule has 0 aliphatic carbocycles. The Bertz CT molecular complexity index is 329. The number of allylic oxidation sites excluding steroid dienone is 1. The van der Waals surface area contributed by atoms with E-state index in [2.05, 4.69) is 0 Å². The van der Waals surface area contributed by atoms with Crippen molar-refractivity contribution in [1.82, 2.24) is 4.90 Å². The van der Waals surface area contributed by atoms with Gasteiger partial charge in [-0.1, -0.05) is 12.0 Å². The molecule has 100 valence electrons. The van der Waals surface area contributed by atoms with Crippen molar-refractivity contribution in [1.29, 1.82) is 0 Å². The van der Waals surface area contributed by atoms with Crippen LogP contribution in [0, 0.1) is 0 Å². The number of likely N-dealkylation sites (tertiary alicyclic amines) is 1. The van der Waals surface area contributed by atoms with Gasteiger partial charge in [0.2, 0.25) is 7.37 Å². The maximum atomic E-state index is 12.3. The molecule has 0 bridgehead atoms. The molecule has 4 nitrogen and oxygen atoms in total. The van der Waals surface area contributed by atoms with Crippen molar-refractivity contribution in [3.63, 3.8) is 0 Å². The van der Waals surface area contributed by atoms with E-state index in [1.54, 1.807) is 0 Å². The van der Waals surface area contributed by atoms with Gasteiger partial charge in [-0.25, -0.2) is 0 Å². The quantitative estimate of drug-likeness (QED) is 0.602. The second-order valence-electron chi connectivity index (χ2n) is 5.34. The van der Waals surface area contributed by atoms with E-state index in [1.165, 1.54) is 19.4 Å². The Kier molecular flexibility index (Phi) is 4.96. The summed E-state index contributed by atoms with van der Waals surface area (Å²) in [5, 5.41) is 8.51. The third-order valence-electron chi connectivity index (χ3n) is 3.11. The molecular formula is C12H24NO3P. The first-order chi connectivity index (χ1) is 7.74. The highest BCUT2D eigenvalue weighted by atomic mass is 31.2. The second-order valence-corrected chi connectivity index (χ2v) is 7.93. The molecule has 2 unspecified atom stereocenters. The van der Waals surface area contributed by atoms with E-state index in [1.807, 2.05) is 18.7 Å². The minimum atomic E-state index is -3.61. The highest BCUT2D eigenvalue weighted by Gasteiger charge is 2.40. The first kappa shape index (κ1) is 14.9. The van der Waals surface area contributed by atoms with Crippen LogP contribution >= 0.6 is 7.37 Å². The molecule has 5 heteroatoms. The average molecular weight is 261 g/mol. The molecule has 1 saturated heterocycles. The topological polar surface area (TPSA) is 60.8 Å². The molecule has 0 saturated carbocycles. The summed E-state index contributed by atoms with van der Waals surface area (Å²) in [5.74, 6) is 0. The van der Waals surface area contributed by atoms with E-state index in [4.69, 9.17) is 0 Å². The van der Waals surface area contributed by atoms with Gasteiger partial charge in [-0.05, 0) is 52.8 Å². The van der Waals surface area contributed by atoms with E-state index >= 15 is 0 Å². The highest BCUT2D eigenvalue weighted by molar-refractivity contribution is 7.59. The molecule has 2 N–H and O–H groups in total. The zero-order chi connectivity index (χ0) is 13.1. The standard InChI is InChI=1S/C12H24NO3P/c1-11(2)9-12(3,14)17(15,16)10-13-7-5-4-6-8-13/h9,14H,4-8,10H2,1-3H3,(H,15,16). The molecule has 1 rings (SSSR count). The van der Waals surface area contributed by atoms with Gasteiger partial charge in [0.25, 0.3) is 0 Å². The van der Waals surface area contributed by atoms with Crippen molar-refractivity contribution in [3.05, 3.63) is 11.6 Å². The van der Waals surface area contributed by atoms with Crippen LogP contribution in [0.1, 0.15) is 40.0 Å². The molecule has 0 amide bonds. The van der Waals surface area contributed by atoms with Crippen LogP contribution in [0.25, 0.3) is 0 Å².